The molecule has 0 spiro atoms. The third-order valence-corrected chi connectivity index (χ3v) is 2.51. The molecule has 1 atom stereocenters. The van der Waals surface area contributed by atoms with Gasteiger partial charge in [-0.15, -0.1) is 0 Å². The maximum Gasteiger partial charge on any atom is 0.0474 e. The maximum absolute atomic E-state index is 6.08. The normalized spacial score (nSPS) is 14.8. The van der Waals surface area contributed by atoms with Crippen LogP contribution in [-0.4, -0.2) is 44.8 Å². The third-order valence-electron chi connectivity index (χ3n) is 2.51. The Hall–Kier alpha value is -0.120. The lowest BCUT2D eigenvalue weighted by atomic mass is 9.87. The minimum Gasteiger partial charge on any atom is -0.385 e. The van der Waals surface area contributed by atoms with Crippen molar-refractivity contribution in [3.05, 3.63) is 0 Å². The number of rotatable bonds is 6. The van der Waals surface area contributed by atoms with Gasteiger partial charge in [-0.05, 0) is 18.9 Å². The highest BCUT2D eigenvalue weighted by Gasteiger charge is 2.21. The van der Waals surface area contributed by atoms with E-state index in [2.05, 4.69) is 32.7 Å². The fourth-order valence-electron chi connectivity index (χ4n) is 1.18. The van der Waals surface area contributed by atoms with E-state index in [4.69, 9.17) is 10.5 Å². The zero-order chi connectivity index (χ0) is 11.2. The quantitative estimate of drug-likeness (QED) is 0.660. The summed E-state index contributed by atoms with van der Waals surface area (Å²) in [7, 11) is 3.85. The number of hydrogen-bond acceptors (Lipinski definition) is 3. The highest BCUT2D eigenvalue weighted by molar-refractivity contribution is 4.79. The molecule has 0 fully saturated rings. The molecule has 0 aromatic heterocycles. The summed E-state index contributed by atoms with van der Waals surface area (Å²) in [5, 5.41) is 0. The Bertz CT molecular complexity index is 143. The first kappa shape index (κ1) is 13.9. The summed E-state index contributed by atoms with van der Waals surface area (Å²) < 4.78 is 5.01. The van der Waals surface area contributed by atoms with Crippen LogP contribution in [0.25, 0.3) is 0 Å². The topological polar surface area (TPSA) is 38.5 Å². The number of nitrogens with zero attached hydrogens (tertiary/aromatic N) is 1. The average molecular weight is 202 g/mol. The van der Waals surface area contributed by atoms with Crippen molar-refractivity contribution >= 4 is 0 Å². The Morgan fingerprint density at radius 1 is 1.36 bits per heavy atom. The number of methoxy groups -OCH3 is 1. The second-order valence-electron chi connectivity index (χ2n) is 5.08. The van der Waals surface area contributed by atoms with Crippen LogP contribution in [0.1, 0.15) is 27.2 Å². The Labute approximate surface area is 88.6 Å². The summed E-state index contributed by atoms with van der Waals surface area (Å²) >= 11 is 0. The monoisotopic (exact) mass is 202 g/mol. The zero-order valence-electron chi connectivity index (χ0n) is 10.3. The van der Waals surface area contributed by atoms with Crippen LogP contribution in [-0.2, 0) is 4.74 Å². The van der Waals surface area contributed by atoms with Gasteiger partial charge in [0, 0.05) is 32.8 Å². The van der Waals surface area contributed by atoms with Crippen LogP contribution in [0, 0.1) is 5.41 Å². The van der Waals surface area contributed by atoms with Crippen LogP contribution in [0.5, 0.6) is 0 Å². The van der Waals surface area contributed by atoms with E-state index in [-0.39, 0.29) is 11.5 Å². The van der Waals surface area contributed by atoms with Gasteiger partial charge in [0.1, 0.15) is 0 Å². The molecule has 0 saturated heterocycles. The van der Waals surface area contributed by atoms with Crippen LogP contribution in [0.3, 0.4) is 0 Å². The molecule has 0 bridgehead atoms. The molecule has 0 radical (unpaired) electrons. The van der Waals surface area contributed by atoms with Crippen LogP contribution in [0.15, 0.2) is 0 Å². The van der Waals surface area contributed by atoms with E-state index >= 15 is 0 Å². The lowest BCUT2D eigenvalue weighted by molar-refractivity contribution is 0.169. The van der Waals surface area contributed by atoms with Crippen molar-refractivity contribution in [1.29, 1.82) is 0 Å². The molecule has 0 saturated carbocycles. The molecule has 0 aliphatic heterocycles. The van der Waals surface area contributed by atoms with Crippen molar-refractivity contribution in [2.24, 2.45) is 11.1 Å². The lowest BCUT2D eigenvalue weighted by Crippen LogP contribution is -2.44. The largest absolute Gasteiger partial charge is 0.385 e. The molecule has 3 nitrogen and oxygen atoms in total. The van der Waals surface area contributed by atoms with Gasteiger partial charge in [-0.25, -0.2) is 0 Å². The van der Waals surface area contributed by atoms with Crippen LogP contribution in [0.2, 0.25) is 0 Å². The first-order valence-electron chi connectivity index (χ1n) is 5.31. The first-order valence-corrected chi connectivity index (χ1v) is 5.31. The van der Waals surface area contributed by atoms with E-state index in [0.717, 1.165) is 26.1 Å². The molecule has 0 aromatic rings. The van der Waals surface area contributed by atoms with E-state index in [0.29, 0.717) is 0 Å². The Morgan fingerprint density at radius 2 is 1.93 bits per heavy atom. The van der Waals surface area contributed by atoms with Gasteiger partial charge in [0.25, 0.3) is 0 Å². The van der Waals surface area contributed by atoms with E-state index in [9.17, 15) is 0 Å². The SMILES string of the molecule is COCCCN(C)CC(N)C(C)(C)C. The summed E-state index contributed by atoms with van der Waals surface area (Å²) in [4.78, 5) is 2.27. The summed E-state index contributed by atoms with van der Waals surface area (Å²) in [6.07, 6.45) is 1.07. The van der Waals surface area contributed by atoms with Gasteiger partial charge in [-0.1, -0.05) is 20.8 Å². The molecule has 0 amide bonds. The van der Waals surface area contributed by atoms with E-state index in [1.54, 1.807) is 7.11 Å². The van der Waals surface area contributed by atoms with Crippen molar-refractivity contribution in [2.75, 3.05) is 33.9 Å². The standard InChI is InChI=1S/C11H26N2O/c1-11(2,3)10(12)9-13(4)7-6-8-14-5/h10H,6-9,12H2,1-5H3. The fourth-order valence-corrected chi connectivity index (χ4v) is 1.18. The molecule has 3 heteroatoms. The highest BCUT2D eigenvalue weighted by atomic mass is 16.5. The predicted octanol–water partition coefficient (Wildman–Crippen LogP) is 1.33. The second kappa shape index (κ2) is 6.38. The average Bonchev–Trinajstić information content (AvgIpc) is 2.03. The molecule has 0 rings (SSSR count). The smallest absolute Gasteiger partial charge is 0.0474 e. The van der Waals surface area contributed by atoms with Crippen LogP contribution < -0.4 is 5.73 Å². The Morgan fingerprint density at radius 3 is 2.36 bits per heavy atom. The molecular formula is C11H26N2O. The van der Waals surface area contributed by atoms with Gasteiger partial charge in [0.2, 0.25) is 0 Å². The molecule has 0 aliphatic rings. The van der Waals surface area contributed by atoms with Crippen molar-refractivity contribution in [2.45, 2.75) is 33.2 Å². The van der Waals surface area contributed by atoms with Crippen molar-refractivity contribution in [1.82, 2.24) is 4.90 Å². The molecular weight excluding hydrogens is 176 g/mol. The molecule has 0 heterocycles. The second-order valence-corrected chi connectivity index (χ2v) is 5.08. The fraction of sp³-hybridized carbons (Fsp3) is 1.00. The van der Waals surface area contributed by atoms with Gasteiger partial charge in [-0.2, -0.15) is 0 Å². The minimum absolute atomic E-state index is 0.190. The van der Waals surface area contributed by atoms with Gasteiger partial charge in [0.15, 0.2) is 0 Å². The highest BCUT2D eigenvalue weighted by Crippen LogP contribution is 2.17. The summed E-state index contributed by atoms with van der Waals surface area (Å²) in [5.74, 6) is 0. The predicted molar refractivity (Wildman–Crippen MR) is 61.4 cm³/mol. The van der Waals surface area contributed by atoms with Gasteiger partial charge in [-0.3, -0.25) is 0 Å². The summed E-state index contributed by atoms with van der Waals surface area (Å²) in [6, 6.07) is 0.232. The van der Waals surface area contributed by atoms with E-state index in [1.807, 2.05) is 0 Å². The number of hydrogen-bond donors (Lipinski definition) is 1. The summed E-state index contributed by atoms with van der Waals surface area (Å²) in [6.45, 7) is 9.38. The molecule has 0 aliphatic carbocycles. The first-order chi connectivity index (χ1) is 6.38. The van der Waals surface area contributed by atoms with Gasteiger partial charge in [0.05, 0.1) is 0 Å². The van der Waals surface area contributed by atoms with Gasteiger partial charge >= 0.3 is 0 Å². The molecule has 1 unspecified atom stereocenters. The van der Waals surface area contributed by atoms with Gasteiger partial charge < -0.3 is 15.4 Å². The van der Waals surface area contributed by atoms with Crippen molar-refractivity contribution < 1.29 is 4.74 Å². The maximum atomic E-state index is 6.08. The summed E-state index contributed by atoms with van der Waals surface area (Å²) in [5.41, 5.74) is 6.27. The molecule has 14 heavy (non-hydrogen) atoms. The Kier molecular flexibility index (Phi) is 6.33. The van der Waals surface area contributed by atoms with Crippen LogP contribution in [0.4, 0.5) is 0 Å². The minimum atomic E-state index is 0.190. The zero-order valence-corrected chi connectivity index (χ0v) is 10.3. The molecule has 86 valence electrons. The van der Waals surface area contributed by atoms with E-state index in [1.165, 1.54) is 0 Å². The van der Waals surface area contributed by atoms with E-state index < -0.39 is 0 Å². The number of ether oxygens (including phenoxy) is 1. The number of nitrogens with two attached hydrogens (primary N) is 1. The lowest BCUT2D eigenvalue weighted by Gasteiger charge is -2.30. The Balaban J connectivity index is 3.66. The molecule has 0 aromatic carbocycles. The van der Waals surface area contributed by atoms with Crippen molar-refractivity contribution in [3.8, 4) is 0 Å². The number of likely N-dealkylation sites (N-methyl/N-ethyl adjacent to an activating group) is 1. The van der Waals surface area contributed by atoms with Crippen LogP contribution >= 0.6 is 0 Å². The molecule has 2 N–H and O–H groups in total. The third kappa shape index (κ3) is 6.35. The van der Waals surface area contributed by atoms with Crippen molar-refractivity contribution in [3.63, 3.8) is 0 Å².